The highest BCUT2D eigenvalue weighted by atomic mass is 32.2. The van der Waals surface area contributed by atoms with Crippen LogP contribution in [0.1, 0.15) is 5.56 Å². The first-order valence-electron chi connectivity index (χ1n) is 6.44. The van der Waals surface area contributed by atoms with Gasteiger partial charge in [0.2, 0.25) is 0 Å². The maximum absolute atomic E-state index is 6.08. The second-order valence-electron chi connectivity index (χ2n) is 4.85. The van der Waals surface area contributed by atoms with Crippen molar-refractivity contribution in [2.24, 2.45) is 0 Å². The molecule has 4 heteroatoms. The molecule has 0 amide bonds. The van der Waals surface area contributed by atoms with E-state index < -0.39 is 0 Å². The number of rotatable bonds is 5. The molecular weight excluding hydrogens is 267 g/mol. The van der Waals surface area contributed by atoms with Crippen LogP contribution in [-0.2, 0) is 6.54 Å². The van der Waals surface area contributed by atoms with Crippen LogP contribution in [0.4, 0.5) is 5.69 Å². The third-order valence-electron chi connectivity index (χ3n) is 2.90. The number of nitrogens with two attached hydrogens (primary N) is 1. The first kappa shape index (κ1) is 14.8. The van der Waals surface area contributed by atoms with Gasteiger partial charge < -0.3 is 15.4 Å². The lowest BCUT2D eigenvalue weighted by Crippen LogP contribution is -2.11. The zero-order valence-corrected chi connectivity index (χ0v) is 12.9. The zero-order valence-electron chi connectivity index (χ0n) is 12.1. The molecule has 0 bridgehead atoms. The van der Waals surface area contributed by atoms with Crippen molar-refractivity contribution >= 4 is 17.4 Å². The summed E-state index contributed by atoms with van der Waals surface area (Å²) in [7, 11) is 5.79. The van der Waals surface area contributed by atoms with Crippen LogP contribution in [0, 0.1) is 0 Å². The molecule has 0 spiro atoms. The zero-order chi connectivity index (χ0) is 14.5. The molecule has 20 heavy (non-hydrogen) atoms. The summed E-state index contributed by atoms with van der Waals surface area (Å²) in [5.74, 6) is 0.786. The number of methoxy groups -OCH3 is 1. The number of hydrogen-bond acceptors (Lipinski definition) is 4. The molecule has 0 radical (unpaired) electrons. The van der Waals surface area contributed by atoms with E-state index in [1.807, 2.05) is 18.2 Å². The largest absolute Gasteiger partial charge is 0.497 e. The molecule has 0 saturated carbocycles. The summed E-state index contributed by atoms with van der Waals surface area (Å²) < 4.78 is 5.18. The maximum Gasteiger partial charge on any atom is 0.120 e. The number of ether oxygens (including phenoxy) is 1. The molecule has 0 saturated heterocycles. The van der Waals surface area contributed by atoms with Crippen LogP contribution in [0.15, 0.2) is 52.3 Å². The van der Waals surface area contributed by atoms with E-state index in [0.29, 0.717) is 0 Å². The van der Waals surface area contributed by atoms with Gasteiger partial charge in [-0.3, -0.25) is 0 Å². The van der Waals surface area contributed by atoms with Crippen LogP contribution < -0.4 is 10.5 Å². The van der Waals surface area contributed by atoms with Crippen LogP contribution in [0.3, 0.4) is 0 Å². The van der Waals surface area contributed by atoms with Gasteiger partial charge in [0.15, 0.2) is 0 Å². The molecule has 0 aliphatic carbocycles. The SMILES string of the molecule is COc1ccc(Sc2ccccc2CN(C)[11CH3])c(N)c1. The first-order chi connectivity index (χ1) is 9.60. The molecule has 2 aromatic rings. The minimum absolute atomic E-state index is 0.744. The summed E-state index contributed by atoms with van der Waals surface area (Å²) in [6.07, 6.45) is 0. The Morgan fingerprint density at radius 1 is 1.10 bits per heavy atom. The Bertz CT molecular complexity index is 584. The molecular formula is C16H20N2OS. The highest BCUT2D eigenvalue weighted by Crippen LogP contribution is 2.36. The van der Waals surface area contributed by atoms with Crippen LogP contribution >= 0.6 is 11.8 Å². The second kappa shape index (κ2) is 6.68. The highest BCUT2D eigenvalue weighted by molar-refractivity contribution is 7.99. The standard InChI is InChI=1S/C16H20N2OS/c1-18(2)11-12-6-4-5-7-15(12)20-16-9-8-13(19-3)10-14(16)17/h4-10H,11,17H2,1-3H3/i1-1. The first-order valence-corrected chi connectivity index (χ1v) is 7.26. The van der Waals surface area contributed by atoms with Crippen molar-refractivity contribution in [1.82, 2.24) is 4.90 Å². The van der Waals surface area contributed by atoms with Crippen LogP contribution in [-0.4, -0.2) is 26.1 Å². The molecule has 106 valence electrons. The van der Waals surface area contributed by atoms with E-state index in [1.165, 1.54) is 10.5 Å². The van der Waals surface area contributed by atoms with Crippen molar-refractivity contribution in [3.8, 4) is 5.75 Å². The quantitative estimate of drug-likeness (QED) is 0.854. The molecule has 0 unspecified atom stereocenters. The molecule has 2 N–H and O–H groups in total. The lowest BCUT2D eigenvalue weighted by Gasteiger charge is -2.14. The van der Waals surface area contributed by atoms with E-state index >= 15 is 0 Å². The van der Waals surface area contributed by atoms with E-state index in [2.05, 4.69) is 43.3 Å². The highest BCUT2D eigenvalue weighted by Gasteiger charge is 2.08. The number of nitrogens with zero attached hydrogens (tertiary/aromatic N) is 1. The van der Waals surface area contributed by atoms with Gasteiger partial charge in [-0.15, -0.1) is 0 Å². The van der Waals surface area contributed by atoms with Crippen molar-refractivity contribution < 1.29 is 4.74 Å². The molecule has 0 aromatic heterocycles. The third kappa shape index (κ3) is 3.68. The van der Waals surface area contributed by atoms with Crippen molar-refractivity contribution in [3.05, 3.63) is 48.0 Å². The van der Waals surface area contributed by atoms with Gasteiger partial charge in [-0.2, -0.15) is 0 Å². The van der Waals surface area contributed by atoms with Gasteiger partial charge in [0.25, 0.3) is 0 Å². The summed E-state index contributed by atoms with van der Waals surface area (Å²) in [5.41, 5.74) is 8.13. The lowest BCUT2D eigenvalue weighted by atomic mass is 10.2. The van der Waals surface area contributed by atoms with Gasteiger partial charge in [0.05, 0.1) is 7.11 Å². The summed E-state index contributed by atoms with van der Waals surface area (Å²) in [6.45, 7) is 0.916. The van der Waals surface area contributed by atoms with Crippen LogP contribution in [0.5, 0.6) is 5.75 Å². The molecule has 2 rings (SSSR count). The minimum atomic E-state index is 0.744. The average Bonchev–Trinajstić information content (AvgIpc) is 2.42. The number of hydrogen-bond donors (Lipinski definition) is 1. The maximum atomic E-state index is 6.08. The molecule has 0 fully saturated rings. The second-order valence-corrected chi connectivity index (χ2v) is 5.94. The fourth-order valence-electron chi connectivity index (χ4n) is 1.94. The van der Waals surface area contributed by atoms with Gasteiger partial charge in [-0.05, 0) is 37.9 Å². The van der Waals surface area contributed by atoms with Crippen LogP contribution in [0.25, 0.3) is 0 Å². The normalized spacial score (nSPS) is 10.8. The topological polar surface area (TPSA) is 38.5 Å². The Morgan fingerprint density at radius 2 is 1.85 bits per heavy atom. The summed E-state index contributed by atoms with van der Waals surface area (Å²) in [5, 5.41) is 0. The van der Waals surface area contributed by atoms with Crippen molar-refractivity contribution in [2.45, 2.75) is 16.3 Å². The van der Waals surface area contributed by atoms with E-state index in [-0.39, 0.29) is 0 Å². The monoisotopic (exact) mass is 287 g/mol. The Labute approximate surface area is 124 Å². The summed E-state index contributed by atoms with van der Waals surface area (Å²) in [6, 6.07) is 14.2. The fourth-order valence-corrected chi connectivity index (χ4v) is 2.90. The Balaban J connectivity index is 2.26. The van der Waals surface area contributed by atoms with Crippen molar-refractivity contribution in [1.29, 1.82) is 0 Å². The van der Waals surface area contributed by atoms with E-state index in [9.17, 15) is 0 Å². The molecule has 2 aromatic carbocycles. The average molecular weight is 287 g/mol. The van der Waals surface area contributed by atoms with Gasteiger partial charge in [-0.1, -0.05) is 30.0 Å². The van der Waals surface area contributed by atoms with Crippen molar-refractivity contribution in [2.75, 3.05) is 26.9 Å². The minimum Gasteiger partial charge on any atom is -0.497 e. The predicted octanol–water partition coefficient (Wildman–Crippen LogP) is 3.49. The molecule has 0 atom stereocenters. The number of nitrogen functional groups attached to an aromatic ring is 1. The van der Waals surface area contributed by atoms with E-state index in [0.717, 1.165) is 22.9 Å². The van der Waals surface area contributed by atoms with Crippen LogP contribution in [0.2, 0.25) is 0 Å². The molecule has 0 heterocycles. The molecule has 0 aliphatic heterocycles. The number of benzene rings is 2. The Morgan fingerprint density at radius 3 is 2.50 bits per heavy atom. The summed E-state index contributed by atoms with van der Waals surface area (Å²) in [4.78, 5) is 4.45. The molecule has 3 nitrogen and oxygen atoms in total. The summed E-state index contributed by atoms with van der Waals surface area (Å²) >= 11 is 1.69. The lowest BCUT2D eigenvalue weighted by molar-refractivity contribution is 0.399. The predicted molar refractivity (Wildman–Crippen MR) is 85.4 cm³/mol. The molecule has 0 aliphatic rings. The Kier molecular flexibility index (Phi) is 4.93. The third-order valence-corrected chi connectivity index (χ3v) is 4.11. The van der Waals surface area contributed by atoms with Gasteiger partial charge in [-0.25, -0.2) is 0 Å². The Hall–Kier alpha value is -1.65. The smallest absolute Gasteiger partial charge is 0.120 e. The number of anilines is 1. The van der Waals surface area contributed by atoms with E-state index in [1.54, 1.807) is 18.9 Å². The van der Waals surface area contributed by atoms with E-state index in [4.69, 9.17) is 10.5 Å². The van der Waals surface area contributed by atoms with Crippen molar-refractivity contribution in [3.63, 3.8) is 0 Å². The fraction of sp³-hybridized carbons (Fsp3) is 0.250. The van der Waals surface area contributed by atoms with Gasteiger partial charge in [0, 0.05) is 28.1 Å². The van der Waals surface area contributed by atoms with Gasteiger partial charge >= 0.3 is 0 Å². The van der Waals surface area contributed by atoms with Gasteiger partial charge in [0.1, 0.15) is 5.75 Å².